The van der Waals surface area contributed by atoms with Crippen LogP contribution in [0.25, 0.3) is 0 Å². The van der Waals surface area contributed by atoms with E-state index >= 15 is 0 Å². The quantitative estimate of drug-likeness (QED) is 0.358. The smallest absolute Gasteiger partial charge is 0.303 e. The summed E-state index contributed by atoms with van der Waals surface area (Å²) in [4.78, 5) is 10.4. The van der Waals surface area contributed by atoms with Gasteiger partial charge in [0.2, 0.25) is 0 Å². The highest BCUT2D eigenvalue weighted by Gasteiger charge is 2.36. The summed E-state index contributed by atoms with van der Waals surface area (Å²) in [7, 11) is 0. The van der Waals surface area contributed by atoms with Gasteiger partial charge in [-0.25, -0.2) is 0 Å². The van der Waals surface area contributed by atoms with Crippen LogP contribution < -0.4 is 0 Å². The maximum Gasteiger partial charge on any atom is 0.303 e. The molecule has 1 saturated heterocycles. The molecule has 158 valence electrons. The molecule has 0 aliphatic carbocycles. The standard InChI is InChI=1S/C22H34O6/c1-2-3-8-12-20-19(25)16-21(28-20)18(24)15-14-17(23)11-9-6-4-5-7-10-13-22(26)27/h3,5-9,14-15,17-21,23-25H,2,4,10-13,16H2,1H3,(H,26,27)/b7-5-,8-3-,9-6-,15-14+/t17-,18+,19+,20+,21-/m0/s1. The summed E-state index contributed by atoms with van der Waals surface area (Å²) < 4.78 is 5.73. The van der Waals surface area contributed by atoms with Crippen molar-refractivity contribution >= 4 is 5.97 Å². The molecule has 0 aromatic rings. The molecular formula is C22H34O6. The molecule has 1 heterocycles. The Kier molecular flexibility index (Phi) is 12.4. The lowest BCUT2D eigenvalue weighted by Gasteiger charge is -2.16. The van der Waals surface area contributed by atoms with E-state index in [0.29, 0.717) is 32.1 Å². The van der Waals surface area contributed by atoms with Crippen LogP contribution in [0.15, 0.2) is 48.6 Å². The maximum absolute atomic E-state index is 10.4. The van der Waals surface area contributed by atoms with Gasteiger partial charge in [-0.1, -0.05) is 55.5 Å². The number of rotatable bonds is 13. The Morgan fingerprint density at radius 2 is 1.86 bits per heavy atom. The highest BCUT2D eigenvalue weighted by atomic mass is 16.5. The number of ether oxygens (including phenoxy) is 1. The molecule has 0 unspecified atom stereocenters. The predicted molar refractivity (Wildman–Crippen MR) is 109 cm³/mol. The van der Waals surface area contributed by atoms with E-state index in [9.17, 15) is 20.1 Å². The number of hydrogen-bond acceptors (Lipinski definition) is 5. The number of carboxylic acids is 1. The molecule has 1 aliphatic rings. The molecule has 6 nitrogen and oxygen atoms in total. The first kappa shape index (κ1) is 24.3. The zero-order valence-corrected chi connectivity index (χ0v) is 16.6. The fourth-order valence-electron chi connectivity index (χ4n) is 2.87. The second-order valence-electron chi connectivity index (χ2n) is 6.92. The van der Waals surface area contributed by atoms with Crippen molar-refractivity contribution in [1.29, 1.82) is 0 Å². The summed E-state index contributed by atoms with van der Waals surface area (Å²) >= 11 is 0. The largest absolute Gasteiger partial charge is 0.481 e. The zero-order chi connectivity index (χ0) is 20.8. The monoisotopic (exact) mass is 394 g/mol. The van der Waals surface area contributed by atoms with E-state index in [0.717, 1.165) is 6.42 Å². The van der Waals surface area contributed by atoms with Crippen molar-refractivity contribution in [3.63, 3.8) is 0 Å². The number of aliphatic carboxylic acids is 1. The number of hydrogen-bond donors (Lipinski definition) is 4. The van der Waals surface area contributed by atoms with Crippen LogP contribution in [0.2, 0.25) is 0 Å². The van der Waals surface area contributed by atoms with Crippen LogP contribution in [0, 0.1) is 0 Å². The van der Waals surface area contributed by atoms with Crippen molar-refractivity contribution in [1.82, 2.24) is 0 Å². The van der Waals surface area contributed by atoms with Gasteiger partial charge in [0, 0.05) is 12.8 Å². The Balaban J connectivity index is 2.28. The lowest BCUT2D eigenvalue weighted by atomic mass is 10.0. The third-order valence-corrected chi connectivity index (χ3v) is 4.44. The van der Waals surface area contributed by atoms with E-state index in [1.54, 1.807) is 0 Å². The summed E-state index contributed by atoms with van der Waals surface area (Å²) in [6.07, 6.45) is 15.3. The Bertz CT molecular complexity index is 551. The van der Waals surface area contributed by atoms with Crippen molar-refractivity contribution in [3.8, 4) is 0 Å². The highest BCUT2D eigenvalue weighted by molar-refractivity contribution is 5.66. The van der Waals surface area contributed by atoms with Crippen molar-refractivity contribution in [2.45, 2.75) is 82.4 Å². The van der Waals surface area contributed by atoms with Gasteiger partial charge in [0.25, 0.3) is 0 Å². The molecule has 0 amide bonds. The van der Waals surface area contributed by atoms with Gasteiger partial charge in [-0.3, -0.25) is 4.79 Å². The van der Waals surface area contributed by atoms with Gasteiger partial charge in [0.15, 0.2) is 0 Å². The molecule has 0 bridgehead atoms. The minimum Gasteiger partial charge on any atom is -0.481 e. The van der Waals surface area contributed by atoms with Crippen LogP contribution >= 0.6 is 0 Å². The molecular weight excluding hydrogens is 360 g/mol. The summed E-state index contributed by atoms with van der Waals surface area (Å²) in [6, 6.07) is 0. The molecule has 0 radical (unpaired) electrons. The highest BCUT2D eigenvalue weighted by Crippen LogP contribution is 2.26. The van der Waals surface area contributed by atoms with Gasteiger partial charge < -0.3 is 25.2 Å². The fourth-order valence-corrected chi connectivity index (χ4v) is 2.87. The average Bonchev–Trinajstić information content (AvgIpc) is 3.02. The molecule has 1 aliphatic heterocycles. The second kappa shape index (κ2) is 14.3. The summed E-state index contributed by atoms with van der Waals surface area (Å²) in [5.74, 6) is -0.807. The van der Waals surface area contributed by atoms with Crippen LogP contribution in [0.4, 0.5) is 0 Å². The van der Waals surface area contributed by atoms with Crippen molar-refractivity contribution in [2.75, 3.05) is 0 Å². The Hall–Kier alpha value is -1.73. The number of aliphatic hydroxyl groups is 3. The van der Waals surface area contributed by atoms with Crippen LogP contribution in [-0.4, -0.2) is 56.9 Å². The summed E-state index contributed by atoms with van der Waals surface area (Å²) in [5.41, 5.74) is 0. The lowest BCUT2D eigenvalue weighted by Crippen LogP contribution is -2.24. The van der Waals surface area contributed by atoms with E-state index in [1.165, 1.54) is 12.2 Å². The van der Waals surface area contributed by atoms with E-state index in [-0.39, 0.29) is 12.5 Å². The first-order valence-electron chi connectivity index (χ1n) is 9.98. The van der Waals surface area contributed by atoms with Crippen LogP contribution in [0.3, 0.4) is 0 Å². The van der Waals surface area contributed by atoms with E-state index < -0.39 is 30.4 Å². The first-order chi connectivity index (χ1) is 13.4. The number of allylic oxidation sites excluding steroid dienone is 4. The molecule has 0 aromatic carbocycles. The summed E-state index contributed by atoms with van der Waals surface area (Å²) in [5, 5.41) is 38.7. The van der Waals surface area contributed by atoms with E-state index in [1.807, 2.05) is 43.4 Å². The Morgan fingerprint density at radius 3 is 2.57 bits per heavy atom. The van der Waals surface area contributed by atoms with Gasteiger partial charge in [-0.05, 0) is 32.1 Å². The van der Waals surface area contributed by atoms with Gasteiger partial charge in [0.1, 0.15) is 0 Å². The molecule has 6 heteroatoms. The van der Waals surface area contributed by atoms with E-state index in [4.69, 9.17) is 9.84 Å². The fraction of sp³-hybridized carbons (Fsp3) is 0.591. The van der Waals surface area contributed by atoms with Gasteiger partial charge >= 0.3 is 5.97 Å². The Morgan fingerprint density at radius 1 is 1.11 bits per heavy atom. The van der Waals surface area contributed by atoms with Crippen LogP contribution in [0.1, 0.15) is 51.9 Å². The van der Waals surface area contributed by atoms with Crippen LogP contribution in [-0.2, 0) is 9.53 Å². The maximum atomic E-state index is 10.4. The van der Waals surface area contributed by atoms with Crippen molar-refractivity contribution < 1.29 is 30.0 Å². The number of aliphatic hydroxyl groups excluding tert-OH is 3. The molecule has 0 saturated carbocycles. The van der Waals surface area contributed by atoms with Crippen molar-refractivity contribution in [3.05, 3.63) is 48.6 Å². The molecule has 1 rings (SSSR count). The molecule has 28 heavy (non-hydrogen) atoms. The molecule has 4 N–H and O–H groups in total. The number of carboxylic acid groups (broad SMARTS) is 1. The average molecular weight is 395 g/mol. The third kappa shape index (κ3) is 10.6. The third-order valence-electron chi connectivity index (χ3n) is 4.44. The predicted octanol–water partition coefficient (Wildman–Crippen LogP) is 2.90. The first-order valence-corrected chi connectivity index (χ1v) is 9.98. The second-order valence-corrected chi connectivity index (χ2v) is 6.92. The van der Waals surface area contributed by atoms with Gasteiger partial charge in [0.05, 0.1) is 30.5 Å². The minimum absolute atomic E-state index is 0.129. The summed E-state index contributed by atoms with van der Waals surface area (Å²) in [6.45, 7) is 2.04. The minimum atomic E-state index is -0.870. The zero-order valence-electron chi connectivity index (χ0n) is 16.6. The van der Waals surface area contributed by atoms with Crippen LogP contribution in [0.5, 0.6) is 0 Å². The molecule has 0 spiro atoms. The van der Waals surface area contributed by atoms with Crippen molar-refractivity contribution in [2.24, 2.45) is 0 Å². The Labute approximate surface area is 167 Å². The normalized spacial score (nSPS) is 25.5. The SMILES string of the molecule is CC/C=C\C[C@H]1O[C@H]([C@H](O)/C=C/[C@@H](O)C/C=C\C/C=C\CCC(=O)O)C[C@H]1O. The molecule has 0 aromatic heterocycles. The molecule has 5 atom stereocenters. The topological polar surface area (TPSA) is 107 Å². The lowest BCUT2D eigenvalue weighted by molar-refractivity contribution is -0.136. The van der Waals surface area contributed by atoms with E-state index in [2.05, 4.69) is 0 Å². The molecule has 1 fully saturated rings. The number of carbonyl (C=O) groups is 1. The van der Waals surface area contributed by atoms with Gasteiger partial charge in [-0.2, -0.15) is 0 Å². The van der Waals surface area contributed by atoms with Gasteiger partial charge in [-0.15, -0.1) is 0 Å².